The number of carbonyl (C=O) groups is 2. The summed E-state index contributed by atoms with van der Waals surface area (Å²) in [6.07, 6.45) is 4.64. The van der Waals surface area contributed by atoms with Crippen molar-refractivity contribution in [2.45, 2.75) is 39.5 Å². The molecule has 0 radical (unpaired) electrons. The highest BCUT2D eigenvalue weighted by atomic mass is 16.5. The molecule has 2 amide bonds. The van der Waals surface area contributed by atoms with E-state index in [4.69, 9.17) is 4.74 Å². The van der Waals surface area contributed by atoms with E-state index in [1.807, 2.05) is 43.3 Å². The zero-order valence-corrected chi connectivity index (χ0v) is 18.7. The minimum absolute atomic E-state index is 0.168. The van der Waals surface area contributed by atoms with Crippen LogP contribution < -0.4 is 15.4 Å². The van der Waals surface area contributed by atoms with E-state index in [1.165, 1.54) is 19.3 Å². The van der Waals surface area contributed by atoms with Gasteiger partial charge in [-0.15, -0.1) is 0 Å². The summed E-state index contributed by atoms with van der Waals surface area (Å²) >= 11 is 0. The van der Waals surface area contributed by atoms with Crippen molar-refractivity contribution in [3.05, 3.63) is 89.5 Å². The molecule has 0 atom stereocenters. The summed E-state index contributed by atoms with van der Waals surface area (Å²) in [5.74, 6) is 0.408. The number of aryl methyl sites for hydroxylation is 1. The predicted octanol–water partition coefficient (Wildman–Crippen LogP) is 6.46. The molecule has 0 saturated heterocycles. The van der Waals surface area contributed by atoms with Gasteiger partial charge in [0.15, 0.2) is 0 Å². The normalized spacial score (nSPS) is 10.4. The topological polar surface area (TPSA) is 67.4 Å². The van der Waals surface area contributed by atoms with Crippen LogP contribution in [0, 0.1) is 6.92 Å². The molecule has 0 aliphatic carbocycles. The zero-order chi connectivity index (χ0) is 22.8. The first kappa shape index (κ1) is 23.1. The average Bonchev–Trinajstić information content (AvgIpc) is 2.81. The molecule has 166 valence electrons. The Morgan fingerprint density at radius 3 is 2.16 bits per heavy atom. The monoisotopic (exact) mass is 430 g/mol. The average molecular weight is 431 g/mol. The molecule has 0 unspecified atom stereocenters. The Labute approximate surface area is 189 Å². The van der Waals surface area contributed by atoms with E-state index in [2.05, 4.69) is 17.6 Å². The largest absolute Gasteiger partial charge is 0.494 e. The second-order valence-electron chi connectivity index (χ2n) is 7.74. The third kappa shape index (κ3) is 6.71. The van der Waals surface area contributed by atoms with Crippen LogP contribution in [0.5, 0.6) is 5.75 Å². The van der Waals surface area contributed by atoms with E-state index in [-0.39, 0.29) is 11.8 Å². The zero-order valence-electron chi connectivity index (χ0n) is 18.7. The molecule has 3 aromatic rings. The van der Waals surface area contributed by atoms with Crippen molar-refractivity contribution >= 4 is 23.2 Å². The van der Waals surface area contributed by atoms with Crippen molar-refractivity contribution in [3.63, 3.8) is 0 Å². The van der Waals surface area contributed by atoms with Gasteiger partial charge >= 0.3 is 0 Å². The number of amides is 2. The lowest BCUT2D eigenvalue weighted by Gasteiger charge is -2.12. The second kappa shape index (κ2) is 11.7. The fourth-order valence-electron chi connectivity index (χ4n) is 3.29. The number of benzene rings is 3. The highest BCUT2D eigenvalue weighted by molar-refractivity contribution is 6.06. The molecule has 3 aromatic carbocycles. The van der Waals surface area contributed by atoms with E-state index in [0.29, 0.717) is 29.1 Å². The number of unbranched alkanes of at least 4 members (excludes halogenated alkanes) is 3. The molecule has 2 N–H and O–H groups in total. The summed E-state index contributed by atoms with van der Waals surface area (Å²) in [7, 11) is 0. The first-order valence-corrected chi connectivity index (χ1v) is 11.1. The Bertz CT molecular complexity index is 1030. The Hall–Kier alpha value is -3.60. The van der Waals surface area contributed by atoms with Crippen LogP contribution in [-0.2, 0) is 0 Å². The van der Waals surface area contributed by atoms with E-state index < -0.39 is 0 Å². The molecule has 0 saturated carbocycles. The maximum absolute atomic E-state index is 12.6. The standard InChI is InChI=1S/C27H30N2O3/c1-3-4-5-9-18-32-24-15-12-22(13-16-24)26(30)28-23-14-17-25(20(2)19-23)29-27(31)21-10-7-6-8-11-21/h6-8,10-17,19H,3-5,9,18H2,1-2H3,(H,28,30)(H,29,31). The number of nitrogens with one attached hydrogen (secondary N) is 2. The molecular weight excluding hydrogens is 400 g/mol. The molecule has 32 heavy (non-hydrogen) atoms. The number of carbonyl (C=O) groups excluding carboxylic acids is 2. The molecule has 0 spiro atoms. The molecule has 3 rings (SSSR count). The third-order valence-corrected chi connectivity index (χ3v) is 5.15. The molecule has 0 heterocycles. The molecule has 0 aromatic heterocycles. The van der Waals surface area contributed by atoms with Crippen LogP contribution in [0.15, 0.2) is 72.8 Å². The molecule has 0 bridgehead atoms. The molecule has 0 aliphatic heterocycles. The van der Waals surface area contributed by atoms with Crippen LogP contribution in [0.2, 0.25) is 0 Å². The van der Waals surface area contributed by atoms with Gasteiger partial charge in [0.05, 0.1) is 6.61 Å². The van der Waals surface area contributed by atoms with Gasteiger partial charge in [-0.05, 0) is 73.5 Å². The van der Waals surface area contributed by atoms with Gasteiger partial charge < -0.3 is 15.4 Å². The van der Waals surface area contributed by atoms with Gasteiger partial charge in [-0.3, -0.25) is 9.59 Å². The maximum atomic E-state index is 12.6. The fourth-order valence-corrected chi connectivity index (χ4v) is 3.29. The van der Waals surface area contributed by atoms with E-state index in [1.54, 1.807) is 36.4 Å². The molecule has 5 nitrogen and oxygen atoms in total. The van der Waals surface area contributed by atoms with E-state index in [0.717, 1.165) is 17.7 Å². The van der Waals surface area contributed by atoms with E-state index >= 15 is 0 Å². The Balaban J connectivity index is 1.54. The quantitative estimate of drug-likeness (QED) is 0.363. The van der Waals surface area contributed by atoms with Crippen LogP contribution in [0.3, 0.4) is 0 Å². The van der Waals surface area contributed by atoms with Crippen molar-refractivity contribution in [1.29, 1.82) is 0 Å². The van der Waals surface area contributed by atoms with Gasteiger partial charge in [-0.2, -0.15) is 0 Å². The maximum Gasteiger partial charge on any atom is 0.255 e. The van der Waals surface area contributed by atoms with Gasteiger partial charge in [0.25, 0.3) is 11.8 Å². The van der Waals surface area contributed by atoms with Crippen LogP contribution in [-0.4, -0.2) is 18.4 Å². The Morgan fingerprint density at radius 2 is 1.47 bits per heavy atom. The van der Waals surface area contributed by atoms with Crippen molar-refractivity contribution in [1.82, 2.24) is 0 Å². The molecule has 0 aliphatic rings. The van der Waals surface area contributed by atoms with Crippen LogP contribution >= 0.6 is 0 Å². The third-order valence-electron chi connectivity index (χ3n) is 5.15. The number of hydrogen-bond donors (Lipinski definition) is 2. The van der Waals surface area contributed by atoms with Gasteiger partial charge in [-0.1, -0.05) is 44.4 Å². The molecular formula is C27H30N2O3. The first-order chi connectivity index (χ1) is 15.6. The number of rotatable bonds is 10. The first-order valence-electron chi connectivity index (χ1n) is 11.1. The minimum atomic E-state index is -0.194. The summed E-state index contributed by atoms with van der Waals surface area (Å²) in [5, 5.41) is 5.81. The predicted molar refractivity (Wildman–Crippen MR) is 130 cm³/mol. The minimum Gasteiger partial charge on any atom is -0.494 e. The van der Waals surface area contributed by atoms with Crippen LogP contribution in [0.1, 0.15) is 58.9 Å². The lowest BCUT2D eigenvalue weighted by atomic mass is 10.1. The lowest BCUT2D eigenvalue weighted by molar-refractivity contribution is 0.101. The van der Waals surface area contributed by atoms with Crippen molar-refractivity contribution in [2.75, 3.05) is 17.2 Å². The summed E-state index contributed by atoms with van der Waals surface area (Å²) < 4.78 is 5.73. The SMILES string of the molecule is CCCCCCOc1ccc(C(=O)Nc2ccc(NC(=O)c3ccccc3)c(C)c2)cc1. The van der Waals surface area contributed by atoms with E-state index in [9.17, 15) is 9.59 Å². The van der Waals surface area contributed by atoms with Gasteiger partial charge in [0.1, 0.15) is 5.75 Å². The summed E-state index contributed by atoms with van der Waals surface area (Å²) in [6, 6.07) is 21.6. The summed E-state index contributed by atoms with van der Waals surface area (Å²) in [5.41, 5.74) is 3.39. The number of anilines is 2. The molecule has 5 heteroatoms. The van der Waals surface area contributed by atoms with Crippen molar-refractivity contribution in [3.8, 4) is 5.75 Å². The lowest BCUT2D eigenvalue weighted by Crippen LogP contribution is -2.14. The van der Waals surface area contributed by atoms with Crippen LogP contribution in [0.4, 0.5) is 11.4 Å². The van der Waals surface area contributed by atoms with Crippen LogP contribution in [0.25, 0.3) is 0 Å². The van der Waals surface area contributed by atoms with Gasteiger partial charge in [-0.25, -0.2) is 0 Å². The highest BCUT2D eigenvalue weighted by Gasteiger charge is 2.10. The second-order valence-corrected chi connectivity index (χ2v) is 7.74. The van der Waals surface area contributed by atoms with Gasteiger partial charge in [0, 0.05) is 22.5 Å². The molecule has 0 fully saturated rings. The summed E-state index contributed by atoms with van der Waals surface area (Å²) in [4.78, 5) is 25.0. The number of hydrogen-bond acceptors (Lipinski definition) is 3. The fraction of sp³-hybridized carbons (Fsp3) is 0.259. The van der Waals surface area contributed by atoms with Crippen molar-refractivity contribution < 1.29 is 14.3 Å². The van der Waals surface area contributed by atoms with Crippen molar-refractivity contribution in [2.24, 2.45) is 0 Å². The Morgan fingerprint density at radius 1 is 0.781 bits per heavy atom. The highest BCUT2D eigenvalue weighted by Crippen LogP contribution is 2.21. The number of ether oxygens (including phenoxy) is 1. The summed E-state index contributed by atoms with van der Waals surface area (Å²) in [6.45, 7) is 4.77. The van der Waals surface area contributed by atoms with Gasteiger partial charge in [0.2, 0.25) is 0 Å². The Kier molecular flexibility index (Phi) is 8.44. The smallest absolute Gasteiger partial charge is 0.255 e.